The van der Waals surface area contributed by atoms with E-state index in [1.165, 1.54) is 6.07 Å². The molecule has 80 valence electrons. The van der Waals surface area contributed by atoms with Gasteiger partial charge in [-0.05, 0) is 25.0 Å². The van der Waals surface area contributed by atoms with Crippen molar-refractivity contribution in [2.75, 3.05) is 0 Å². The number of carbonyl (C=O) groups excluding carboxylic acids is 1. The molecule has 1 aromatic heterocycles. The van der Waals surface area contributed by atoms with E-state index in [0.717, 1.165) is 31.7 Å². The van der Waals surface area contributed by atoms with E-state index >= 15 is 0 Å². The van der Waals surface area contributed by atoms with Crippen molar-refractivity contribution < 1.29 is 13.6 Å². The van der Waals surface area contributed by atoms with Crippen LogP contribution in [0.25, 0.3) is 0 Å². The first-order valence-electron chi connectivity index (χ1n) is 5.05. The first-order valence-corrected chi connectivity index (χ1v) is 5.05. The average Bonchev–Trinajstić information content (AvgIpc) is 2.69. The van der Waals surface area contributed by atoms with Crippen molar-refractivity contribution in [1.29, 1.82) is 0 Å². The summed E-state index contributed by atoms with van der Waals surface area (Å²) in [6, 6.07) is 2.20. The Morgan fingerprint density at radius 3 is 2.53 bits per heavy atom. The molecule has 0 radical (unpaired) electrons. The Morgan fingerprint density at radius 2 is 1.93 bits per heavy atom. The molecule has 0 spiro atoms. The first kappa shape index (κ1) is 10.2. The van der Waals surface area contributed by atoms with Crippen LogP contribution in [0.5, 0.6) is 0 Å². The van der Waals surface area contributed by atoms with E-state index in [0.29, 0.717) is 0 Å². The Morgan fingerprint density at radius 1 is 1.27 bits per heavy atom. The molecule has 1 aromatic rings. The van der Waals surface area contributed by atoms with Crippen LogP contribution in [-0.2, 0) is 0 Å². The maximum absolute atomic E-state index is 13.2. The fourth-order valence-corrected chi connectivity index (χ4v) is 2.00. The molecule has 0 N–H and O–H groups in total. The van der Waals surface area contributed by atoms with Gasteiger partial charge in [-0.1, -0.05) is 12.8 Å². The van der Waals surface area contributed by atoms with Gasteiger partial charge in [0.1, 0.15) is 0 Å². The molecule has 0 unspecified atom stereocenters. The lowest BCUT2D eigenvalue weighted by molar-refractivity contribution is 0.0917. The van der Waals surface area contributed by atoms with Gasteiger partial charge < -0.3 is 0 Å². The third kappa shape index (κ3) is 2.03. The van der Waals surface area contributed by atoms with Crippen LogP contribution in [0.1, 0.15) is 36.0 Å². The zero-order valence-electron chi connectivity index (χ0n) is 8.17. The summed E-state index contributed by atoms with van der Waals surface area (Å²) in [5.74, 6) is -2.23. The summed E-state index contributed by atoms with van der Waals surface area (Å²) in [6.07, 6.45) is 3.62. The Hall–Kier alpha value is -1.32. The number of nitrogens with zero attached hydrogens (tertiary/aromatic N) is 1. The number of rotatable bonds is 2. The first-order chi connectivity index (χ1) is 7.18. The Kier molecular flexibility index (Phi) is 2.75. The quantitative estimate of drug-likeness (QED) is 0.556. The lowest BCUT2D eigenvalue weighted by Gasteiger charge is -2.07. The minimum atomic E-state index is -0.994. The molecule has 0 aliphatic heterocycles. The second-order valence-corrected chi connectivity index (χ2v) is 3.82. The molecule has 0 bridgehead atoms. The van der Waals surface area contributed by atoms with Gasteiger partial charge in [0.05, 0.1) is 5.56 Å². The maximum Gasteiger partial charge on any atom is 0.226 e. The van der Waals surface area contributed by atoms with Crippen LogP contribution in [-0.4, -0.2) is 10.8 Å². The van der Waals surface area contributed by atoms with Gasteiger partial charge in [-0.2, -0.15) is 13.8 Å². The van der Waals surface area contributed by atoms with Crippen LogP contribution < -0.4 is 0 Å². The van der Waals surface area contributed by atoms with E-state index in [1.54, 1.807) is 0 Å². The van der Waals surface area contributed by atoms with Crippen LogP contribution in [0.15, 0.2) is 12.1 Å². The number of hydrogen-bond acceptors (Lipinski definition) is 2. The van der Waals surface area contributed by atoms with E-state index in [1.807, 2.05) is 0 Å². The highest BCUT2D eigenvalue weighted by atomic mass is 19.1. The molecule has 2 rings (SSSR count). The van der Waals surface area contributed by atoms with Crippen LogP contribution in [0, 0.1) is 17.8 Å². The normalized spacial score (nSPS) is 16.9. The molecule has 2 nitrogen and oxygen atoms in total. The number of pyridine rings is 1. The topological polar surface area (TPSA) is 30.0 Å². The summed E-state index contributed by atoms with van der Waals surface area (Å²) >= 11 is 0. The number of hydrogen-bond donors (Lipinski definition) is 0. The van der Waals surface area contributed by atoms with Gasteiger partial charge >= 0.3 is 0 Å². The van der Waals surface area contributed by atoms with Crippen molar-refractivity contribution >= 4 is 5.78 Å². The predicted molar refractivity (Wildman–Crippen MR) is 50.4 cm³/mol. The second kappa shape index (κ2) is 4.04. The lowest BCUT2D eigenvalue weighted by Crippen LogP contribution is -2.14. The molecule has 15 heavy (non-hydrogen) atoms. The number of Topliss-reactive ketones (excluding diaryl/α,β-unsaturated/α-hetero) is 1. The highest BCUT2D eigenvalue weighted by molar-refractivity contribution is 5.97. The summed E-state index contributed by atoms with van der Waals surface area (Å²) in [5.41, 5.74) is -0.0803. The van der Waals surface area contributed by atoms with E-state index < -0.39 is 11.9 Å². The smallest absolute Gasteiger partial charge is 0.226 e. The zero-order valence-corrected chi connectivity index (χ0v) is 8.17. The molecule has 1 fully saturated rings. The number of ketones is 1. The van der Waals surface area contributed by atoms with E-state index in [9.17, 15) is 13.6 Å². The summed E-state index contributed by atoms with van der Waals surface area (Å²) in [6.45, 7) is 0. The van der Waals surface area contributed by atoms with Gasteiger partial charge in [-0.3, -0.25) is 4.79 Å². The number of halogens is 2. The summed E-state index contributed by atoms with van der Waals surface area (Å²) in [5, 5.41) is 0. The van der Waals surface area contributed by atoms with Crippen LogP contribution in [0.2, 0.25) is 0 Å². The molecule has 0 amide bonds. The number of aromatic nitrogens is 1. The monoisotopic (exact) mass is 211 g/mol. The summed E-state index contributed by atoms with van der Waals surface area (Å²) in [4.78, 5) is 14.8. The van der Waals surface area contributed by atoms with Gasteiger partial charge in [0, 0.05) is 5.92 Å². The van der Waals surface area contributed by atoms with Crippen molar-refractivity contribution in [3.63, 3.8) is 0 Å². The third-order valence-electron chi connectivity index (χ3n) is 2.81. The van der Waals surface area contributed by atoms with E-state index in [-0.39, 0.29) is 17.3 Å². The third-order valence-corrected chi connectivity index (χ3v) is 2.81. The van der Waals surface area contributed by atoms with Crippen molar-refractivity contribution in [1.82, 2.24) is 4.98 Å². The van der Waals surface area contributed by atoms with Crippen LogP contribution in [0.4, 0.5) is 8.78 Å². The molecule has 1 aliphatic carbocycles. The lowest BCUT2D eigenvalue weighted by atomic mass is 9.97. The van der Waals surface area contributed by atoms with Gasteiger partial charge in [-0.15, -0.1) is 0 Å². The molecule has 0 saturated heterocycles. The van der Waals surface area contributed by atoms with Crippen molar-refractivity contribution in [2.45, 2.75) is 25.7 Å². The standard InChI is InChI=1S/C11H11F2NO/c12-9-6-5-8(11(13)14-9)10(15)7-3-1-2-4-7/h5-7H,1-4H2. The minimum Gasteiger partial charge on any atom is -0.294 e. The molecule has 1 saturated carbocycles. The fraction of sp³-hybridized carbons (Fsp3) is 0.455. The molecular formula is C11H11F2NO. The SMILES string of the molecule is O=C(c1ccc(F)nc1F)C1CCCC1. The van der Waals surface area contributed by atoms with Gasteiger partial charge in [0.15, 0.2) is 5.78 Å². The highest BCUT2D eigenvalue weighted by Gasteiger charge is 2.26. The maximum atomic E-state index is 13.2. The van der Waals surface area contributed by atoms with Gasteiger partial charge in [-0.25, -0.2) is 0 Å². The predicted octanol–water partition coefficient (Wildman–Crippen LogP) is 2.73. The molecule has 1 aliphatic rings. The molecule has 0 atom stereocenters. The van der Waals surface area contributed by atoms with Gasteiger partial charge in [0.2, 0.25) is 11.9 Å². The Bertz CT molecular complexity index is 386. The fourth-order valence-electron chi connectivity index (χ4n) is 2.00. The van der Waals surface area contributed by atoms with Crippen molar-refractivity contribution in [3.8, 4) is 0 Å². The Balaban J connectivity index is 2.24. The Labute approximate surface area is 86.3 Å². The van der Waals surface area contributed by atoms with E-state index in [4.69, 9.17) is 0 Å². The molecule has 0 aromatic carbocycles. The van der Waals surface area contributed by atoms with Crippen LogP contribution >= 0.6 is 0 Å². The minimum absolute atomic E-state index is 0.0803. The van der Waals surface area contributed by atoms with Crippen molar-refractivity contribution in [2.24, 2.45) is 5.92 Å². The summed E-state index contributed by atoms with van der Waals surface area (Å²) < 4.78 is 25.7. The zero-order chi connectivity index (χ0) is 10.8. The second-order valence-electron chi connectivity index (χ2n) is 3.82. The number of carbonyl (C=O) groups is 1. The summed E-state index contributed by atoms with van der Waals surface area (Å²) in [7, 11) is 0. The average molecular weight is 211 g/mol. The molecule has 1 heterocycles. The molecule has 4 heteroatoms. The molecular weight excluding hydrogens is 200 g/mol. The van der Waals surface area contributed by atoms with Gasteiger partial charge in [0.25, 0.3) is 0 Å². The highest BCUT2D eigenvalue weighted by Crippen LogP contribution is 2.28. The largest absolute Gasteiger partial charge is 0.294 e. The van der Waals surface area contributed by atoms with Crippen molar-refractivity contribution in [3.05, 3.63) is 29.6 Å². The van der Waals surface area contributed by atoms with Crippen LogP contribution in [0.3, 0.4) is 0 Å². The van der Waals surface area contributed by atoms with E-state index in [2.05, 4.69) is 4.98 Å².